The maximum atomic E-state index is 4.98. The Morgan fingerprint density at radius 3 is 2.61 bits per heavy atom. The number of nitrogens with zero attached hydrogens (tertiary/aromatic N) is 3. The van der Waals surface area contributed by atoms with Crippen molar-refractivity contribution in [1.29, 1.82) is 0 Å². The van der Waals surface area contributed by atoms with Crippen molar-refractivity contribution in [3.05, 3.63) is 46.5 Å². The molecule has 1 saturated heterocycles. The Hall–Kier alpha value is -2.33. The van der Waals surface area contributed by atoms with Crippen molar-refractivity contribution < 1.29 is 0 Å². The Morgan fingerprint density at radius 2 is 1.81 bits per heavy atom. The lowest BCUT2D eigenvalue weighted by Gasteiger charge is -2.29. The molecule has 2 aromatic carbocycles. The summed E-state index contributed by atoms with van der Waals surface area (Å²) in [6.45, 7) is 11.5. The topological polar surface area (TPSA) is 35.2 Å². The smallest absolute Gasteiger partial charge is 0.138 e. The molecule has 0 unspecified atom stereocenters. The number of nitrogens with one attached hydrogen (secondary N) is 1. The van der Waals surface area contributed by atoms with Gasteiger partial charge in [0.05, 0.1) is 11.0 Å². The van der Waals surface area contributed by atoms with Crippen molar-refractivity contribution >= 4 is 16.7 Å². The number of likely N-dealkylation sites (tertiary alicyclic amines) is 1. The van der Waals surface area contributed by atoms with E-state index in [1.165, 1.54) is 78.8 Å². The molecule has 1 N–H and O–H groups in total. The number of imidazole rings is 1. The van der Waals surface area contributed by atoms with Crippen LogP contribution in [0, 0.1) is 26.7 Å². The van der Waals surface area contributed by atoms with Crippen LogP contribution in [0.4, 0.5) is 5.69 Å². The molecule has 0 bridgehead atoms. The lowest BCUT2D eigenvalue weighted by Crippen LogP contribution is -2.30. The molecule has 4 heteroatoms. The predicted octanol–water partition coefficient (Wildman–Crippen LogP) is 5.64. The number of fused-ring (bicyclic) bond motifs is 2. The first-order chi connectivity index (χ1) is 15.0. The average Bonchev–Trinajstić information content (AvgIpc) is 3.38. The first-order valence-electron chi connectivity index (χ1n) is 12.0. The molecule has 0 amide bonds. The van der Waals surface area contributed by atoms with E-state index in [1.54, 1.807) is 0 Å². The number of H-pyrrole nitrogens is 1. The highest BCUT2D eigenvalue weighted by atomic mass is 15.1. The molecule has 1 aromatic heterocycles. The van der Waals surface area contributed by atoms with E-state index in [2.05, 4.69) is 66.9 Å². The van der Waals surface area contributed by atoms with E-state index in [9.17, 15) is 0 Å². The normalized spacial score (nSPS) is 17.6. The van der Waals surface area contributed by atoms with Gasteiger partial charge in [0, 0.05) is 24.3 Å². The van der Waals surface area contributed by atoms with Crippen LogP contribution in [-0.4, -0.2) is 48.1 Å². The molecule has 3 heterocycles. The Labute approximate surface area is 186 Å². The van der Waals surface area contributed by atoms with Crippen LogP contribution in [0.15, 0.2) is 24.3 Å². The number of hydrogen-bond acceptors (Lipinski definition) is 3. The lowest BCUT2D eigenvalue weighted by molar-refractivity contribution is 0.211. The van der Waals surface area contributed by atoms with E-state index in [-0.39, 0.29) is 0 Å². The third-order valence-corrected chi connectivity index (χ3v) is 7.86. The number of benzene rings is 2. The molecule has 2 aliphatic heterocycles. The minimum Gasteiger partial charge on any atom is -0.371 e. The molecule has 31 heavy (non-hydrogen) atoms. The van der Waals surface area contributed by atoms with Crippen molar-refractivity contribution in [3.63, 3.8) is 0 Å². The number of rotatable bonds is 5. The molecule has 0 saturated carbocycles. The first-order valence-corrected chi connectivity index (χ1v) is 12.0. The summed E-state index contributed by atoms with van der Waals surface area (Å²) in [6.07, 6.45) is 6.62. The summed E-state index contributed by atoms with van der Waals surface area (Å²) in [7, 11) is 2.25. The molecule has 0 atom stereocenters. The van der Waals surface area contributed by atoms with Crippen molar-refractivity contribution in [2.75, 3.05) is 38.1 Å². The standard InChI is InChI=1S/C27H36N4/c1-18-7-9-24-26(19(18)2)29-27(28-24)23-8-10-25-22(20(23)3)13-17-31(25)14-5-6-21-11-15-30(4)16-12-21/h7-10,21H,5-6,11-17H2,1-4H3,(H,28,29). The number of aromatic amines is 1. The highest BCUT2D eigenvalue weighted by Gasteiger charge is 2.24. The van der Waals surface area contributed by atoms with E-state index < -0.39 is 0 Å². The fourth-order valence-corrected chi connectivity index (χ4v) is 5.57. The van der Waals surface area contributed by atoms with Crippen LogP contribution in [0.5, 0.6) is 0 Å². The molecule has 0 radical (unpaired) electrons. The zero-order chi connectivity index (χ0) is 21.5. The Balaban J connectivity index is 1.31. The van der Waals surface area contributed by atoms with Gasteiger partial charge in [-0.3, -0.25) is 0 Å². The molecule has 3 aromatic rings. The zero-order valence-corrected chi connectivity index (χ0v) is 19.6. The zero-order valence-electron chi connectivity index (χ0n) is 19.6. The minimum atomic E-state index is 0.933. The Morgan fingerprint density at radius 1 is 1.00 bits per heavy atom. The lowest BCUT2D eigenvalue weighted by atomic mass is 9.92. The average molecular weight is 417 g/mol. The van der Waals surface area contributed by atoms with Gasteiger partial charge in [-0.05, 0) is 119 Å². The second-order valence-electron chi connectivity index (χ2n) is 9.85. The van der Waals surface area contributed by atoms with Crippen LogP contribution in [0.25, 0.3) is 22.4 Å². The Kier molecular flexibility index (Phi) is 5.51. The Bertz CT molecular complexity index is 1090. The fraction of sp³-hybridized carbons (Fsp3) is 0.519. The van der Waals surface area contributed by atoms with E-state index in [0.717, 1.165) is 35.7 Å². The van der Waals surface area contributed by atoms with Crippen LogP contribution >= 0.6 is 0 Å². The van der Waals surface area contributed by atoms with E-state index in [4.69, 9.17) is 4.98 Å². The predicted molar refractivity (Wildman–Crippen MR) is 131 cm³/mol. The van der Waals surface area contributed by atoms with Gasteiger partial charge in [-0.1, -0.05) is 6.07 Å². The molecule has 0 spiro atoms. The monoisotopic (exact) mass is 416 g/mol. The van der Waals surface area contributed by atoms with Crippen LogP contribution in [0.2, 0.25) is 0 Å². The summed E-state index contributed by atoms with van der Waals surface area (Å²) < 4.78 is 0. The van der Waals surface area contributed by atoms with Crippen molar-refractivity contribution in [3.8, 4) is 11.4 Å². The second-order valence-corrected chi connectivity index (χ2v) is 9.85. The van der Waals surface area contributed by atoms with Crippen molar-refractivity contribution in [2.45, 2.75) is 52.9 Å². The van der Waals surface area contributed by atoms with Gasteiger partial charge >= 0.3 is 0 Å². The van der Waals surface area contributed by atoms with Gasteiger partial charge in [-0.2, -0.15) is 0 Å². The summed E-state index contributed by atoms with van der Waals surface area (Å²) in [4.78, 5) is 13.6. The molecule has 5 rings (SSSR count). The summed E-state index contributed by atoms with van der Waals surface area (Å²) in [5.74, 6) is 1.94. The molecule has 2 aliphatic rings. The number of aromatic nitrogens is 2. The number of piperidine rings is 1. The highest BCUT2D eigenvalue weighted by Crippen LogP contribution is 2.37. The molecule has 0 aliphatic carbocycles. The molecular formula is C27H36N4. The SMILES string of the molecule is Cc1ccc2[nH]c(-c3ccc4c(c3C)CCN4CCCC3CCN(C)CC3)nc2c1C. The van der Waals surface area contributed by atoms with E-state index >= 15 is 0 Å². The maximum Gasteiger partial charge on any atom is 0.138 e. The molecule has 4 nitrogen and oxygen atoms in total. The van der Waals surface area contributed by atoms with Crippen LogP contribution in [-0.2, 0) is 6.42 Å². The van der Waals surface area contributed by atoms with Gasteiger partial charge in [-0.25, -0.2) is 4.98 Å². The third-order valence-electron chi connectivity index (χ3n) is 7.86. The van der Waals surface area contributed by atoms with Gasteiger partial charge in [0.25, 0.3) is 0 Å². The maximum absolute atomic E-state index is 4.98. The van der Waals surface area contributed by atoms with Crippen LogP contribution < -0.4 is 4.90 Å². The third kappa shape index (κ3) is 3.87. The van der Waals surface area contributed by atoms with Gasteiger partial charge < -0.3 is 14.8 Å². The molecular weight excluding hydrogens is 380 g/mol. The van der Waals surface area contributed by atoms with Crippen LogP contribution in [0.3, 0.4) is 0 Å². The largest absolute Gasteiger partial charge is 0.371 e. The van der Waals surface area contributed by atoms with E-state index in [0.29, 0.717) is 0 Å². The highest BCUT2D eigenvalue weighted by molar-refractivity contribution is 5.84. The summed E-state index contributed by atoms with van der Waals surface area (Å²) in [6, 6.07) is 8.95. The minimum absolute atomic E-state index is 0.933. The van der Waals surface area contributed by atoms with Gasteiger partial charge in [0.15, 0.2) is 0 Å². The fourth-order valence-electron chi connectivity index (χ4n) is 5.57. The number of hydrogen-bond donors (Lipinski definition) is 1. The van der Waals surface area contributed by atoms with Crippen molar-refractivity contribution in [1.82, 2.24) is 14.9 Å². The van der Waals surface area contributed by atoms with Crippen LogP contribution in [0.1, 0.15) is 47.9 Å². The first kappa shape index (κ1) is 20.6. The number of anilines is 1. The van der Waals surface area contributed by atoms with E-state index in [1.807, 2.05) is 0 Å². The summed E-state index contributed by atoms with van der Waals surface area (Å²) in [5.41, 5.74) is 10.4. The number of aryl methyl sites for hydroxylation is 2. The molecule has 164 valence electrons. The van der Waals surface area contributed by atoms with Gasteiger partial charge in [0.2, 0.25) is 0 Å². The van der Waals surface area contributed by atoms with Gasteiger partial charge in [-0.15, -0.1) is 0 Å². The summed E-state index contributed by atoms with van der Waals surface area (Å²) in [5, 5.41) is 0. The van der Waals surface area contributed by atoms with Gasteiger partial charge in [0.1, 0.15) is 5.82 Å². The quantitative estimate of drug-likeness (QED) is 0.585. The molecule has 1 fully saturated rings. The van der Waals surface area contributed by atoms with Crippen molar-refractivity contribution in [2.24, 2.45) is 5.92 Å². The second kappa shape index (κ2) is 8.31. The summed E-state index contributed by atoms with van der Waals surface area (Å²) >= 11 is 0.